The second kappa shape index (κ2) is 5.64. The normalized spacial score (nSPS) is 27.5. The van der Waals surface area contributed by atoms with Gasteiger partial charge in [-0.2, -0.15) is 0 Å². The molecule has 2 nitrogen and oxygen atoms in total. The lowest BCUT2D eigenvalue weighted by molar-refractivity contribution is 0.0222. The van der Waals surface area contributed by atoms with Crippen LogP contribution < -0.4 is 0 Å². The van der Waals surface area contributed by atoms with Gasteiger partial charge in [0.25, 0.3) is 0 Å². The number of aryl methyl sites for hydroxylation is 2. The Morgan fingerprint density at radius 1 is 1.26 bits per heavy atom. The molecular weight excluding hydrogens is 234 g/mol. The molecule has 1 saturated heterocycles. The third-order valence-corrected chi connectivity index (χ3v) is 4.87. The van der Waals surface area contributed by atoms with Crippen LogP contribution in [0.3, 0.4) is 0 Å². The van der Waals surface area contributed by atoms with Crippen LogP contribution in [-0.4, -0.2) is 29.2 Å². The van der Waals surface area contributed by atoms with Crippen molar-refractivity contribution < 1.29 is 5.11 Å². The summed E-state index contributed by atoms with van der Waals surface area (Å²) in [6, 6.07) is 7.04. The third-order valence-electron chi connectivity index (χ3n) is 4.87. The summed E-state index contributed by atoms with van der Waals surface area (Å²) in [6.45, 7) is 5.33. The molecule has 19 heavy (non-hydrogen) atoms. The van der Waals surface area contributed by atoms with Crippen LogP contribution in [0.4, 0.5) is 0 Å². The molecule has 0 amide bonds. The molecule has 1 aromatic carbocycles. The van der Waals surface area contributed by atoms with Crippen molar-refractivity contribution in [3.05, 3.63) is 34.9 Å². The molecule has 1 heterocycles. The molecule has 1 aliphatic heterocycles. The summed E-state index contributed by atoms with van der Waals surface area (Å²) in [6.07, 6.45) is 5.79. The molecule has 1 aromatic rings. The highest BCUT2D eigenvalue weighted by molar-refractivity contribution is 5.35. The summed E-state index contributed by atoms with van der Waals surface area (Å²) in [5.41, 5.74) is 4.58. The quantitative estimate of drug-likeness (QED) is 0.902. The highest BCUT2D eigenvalue weighted by Gasteiger charge is 2.26. The topological polar surface area (TPSA) is 23.5 Å². The van der Waals surface area contributed by atoms with Crippen LogP contribution in [0.2, 0.25) is 0 Å². The summed E-state index contributed by atoms with van der Waals surface area (Å²) >= 11 is 0. The number of fused-ring (bicyclic) bond motifs is 1. The van der Waals surface area contributed by atoms with Gasteiger partial charge in [0.2, 0.25) is 0 Å². The molecular formula is C17H25NO. The Bertz CT molecular complexity index is 443. The molecule has 104 valence electrons. The smallest absolute Gasteiger partial charge is 0.0592 e. The highest BCUT2D eigenvalue weighted by atomic mass is 16.3. The fraction of sp³-hybridized carbons (Fsp3) is 0.647. The number of hydrogen-bond acceptors (Lipinski definition) is 2. The van der Waals surface area contributed by atoms with Crippen LogP contribution in [0.15, 0.2) is 18.2 Å². The molecule has 0 aromatic heterocycles. The van der Waals surface area contributed by atoms with Crippen molar-refractivity contribution in [2.45, 2.75) is 51.7 Å². The Balaban J connectivity index is 1.65. The second-order valence-electron chi connectivity index (χ2n) is 6.22. The molecule has 0 radical (unpaired) electrons. The van der Waals surface area contributed by atoms with E-state index in [1.165, 1.54) is 24.8 Å². The number of piperidine rings is 1. The predicted molar refractivity (Wildman–Crippen MR) is 78.1 cm³/mol. The maximum atomic E-state index is 9.95. The minimum atomic E-state index is -0.0822. The van der Waals surface area contributed by atoms with Gasteiger partial charge in [-0.15, -0.1) is 0 Å². The van der Waals surface area contributed by atoms with Gasteiger partial charge in [0.05, 0.1) is 6.10 Å². The summed E-state index contributed by atoms with van der Waals surface area (Å²) < 4.78 is 0. The fourth-order valence-corrected chi connectivity index (χ4v) is 3.62. The van der Waals surface area contributed by atoms with E-state index in [-0.39, 0.29) is 6.10 Å². The first kappa shape index (κ1) is 13.1. The Morgan fingerprint density at radius 3 is 2.95 bits per heavy atom. The molecule has 2 atom stereocenters. The van der Waals surface area contributed by atoms with E-state index in [1.807, 2.05) is 0 Å². The zero-order valence-electron chi connectivity index (χ0n) is 11.9. The van der Waals surface area contributed by atoms with Gasteiger partial charge in [0, 0.05) is 19.6 Å². The number of benzene rings is 1. The standard InChI is InChI=1S/C17H25NO/c1-2-14-12-18(9-8-17(14)19)11-13-6-7-15-4-3-5-16(15)10-13/h6-7,10,14,17,19H,2-5,8-9,11-12H2,1H3. The van der Waals surface area contributed by atoms with Crippen LogP contribution >= 0.6 is 0 Å². The SMILES string of the molecule is CCC1CN(Cc2ccc3c(c2)CCC3)CCC1O. The molecule has 0 bridgehead atoms. The van der Waals surface area contributed by atoms with E-state index in [0.29, 0.717) is 5.92 Å². The predicted octanol–water partition coefficient (Wildman–Crippen LogP) is 2.77. The molecule has 0 spiro atoms. The van der Waals surface area contributed by atoms with Crippen molar-refractivity contribution in [2.24, 2.45) is 5.92 Å². The van der Waals surface area contributed by atoms with Crippen LogP contribution in [0, 0.1) is 5.92 Å². The van der Waals surface area contributed by atoms with Crippen LogP contribution in [0.1, 0.15) is 42.9 Å². The van der Waals surface area contributed by atoms with E-state index in [1.54, 1.807) is 11.1 Å². The van der Waals surface area contributed by atoms with Gasteiger partial charge in [0.15, 0.2) is 0 Å². The first-order valence-electron chi connectivity index (χ1n) is 7.77. The second-order valence-corrected chi connectivity index (χ2v) is 6.22. The van der Waals surface area contributed by atoms with Crippen molar-refractivity contribution >= 4 is 0 Å². The average molecular weight is 259 g/mol. The zero-order chi connectivity index (χ0) is 13.2. The molecule has 0 saturated carbocycles. The molecule has 1 fully saturated rings. The van der Waals surface area contributed by atoms with Gasteiger partial charge in [-0.3, -0.25) is 4.90 Å². The lowest BCUT2D eigenvalue weighted by atomic mass is 9.92. The van der Waals surface area contributed by atoms with Crippen molar-refractivity contribution in [1.82, 2.24) is 4.90 Å². The lowest BCUT2D eigenvalue weighted by Gasteiger charge is -2.35. The fourth-order valence-electron chi connectivity index (χ4n) is 3.62. The Morgan fingerprint density at radius 2 is 2.11 bits per heavy atom. The van der Waals surface area contributed by atoms with E-state index in [2.05, 4.69) is 30.0 Å². The van der Waals surface area contributed by atoms with E-state index in [0.717, 1.165) is 32.5 Å². The van der Waals surface area contributed by atoms with Crippen molar-refractivity contribution in [2.75, 3.05) is 13.1 Å². The van der Waals surface area contributed by atoms with Crippen LogP contribution in [-0.2, 0) is 19.4 Å². The van der Waals surface area contributed by atoms with Crippen LogP contribution in [0.25, 0.3) is 0 Å². The molecule has 1 N–H and O–H groups in total. The van der Waals surface area contributed by atoms with E-state index in [4.69, 9.17) is 0 Å². The maximum Gasteiger partial charge on any atom is 0.0592 e. The Labute approximate surface area is 116 Å². The largest absolute Gasteiger partial charge is 0.393 e. The van der Waals surface area contributed by atoms with Crippen molar-refractivity contribution in [3.8, 4) is 0 Å². The minimum Gasteiger partial charge on any atom is -0.393 e. The van der Waals surface area contributed by atoms with Crippen molar-refractivity contribution in [3.63, 3.8) is 0 Å². The first-order valence-corrected chi connectivity index (χ1v) is 7.77. The average Bonchev–Trinajstić information content (AvgIpc) is 2.88. The lowest BCUT2D eigenvalue weighted by Crippen LogP contribution is -2.42. The number of rotatable bonds is 3. The number of nitrogens with zero attached hydrogens (tertiary/aromatic N) is 1. The van der Waals surface area contributed by atoms with Gasteiger partial charge in [-0.25, -0.2) is 0 Å². The summed E-state index contributed by atoms with van der Waals surface area (Å²) in [5, 5.41) is 9.95. The maximum absolute atomic E-state index is 9.95. The van der Waals surface area contributed by atoms with E-state index >= 15 is 0 Å². The summed E-state index contributed by atoms with van der Waals surface area (Å²) in [7, 11) is 0. The van der Waals surface area contributed by atoms with E-state index < -0.39 is 0 Å². The molecule has 2 heteroatoms. The molecule has 1 aliphatic carbocycles. The molecule has 3 rings (SSSR count). The third kappa shape index (κ3) is 2.85. The first-order chi connectivity index (χ1) is 9.26. The monoisotopic (exact) mass is 259 g/mol. The van der Waals surface area contributed by atoms with Gasteiger partial charge in [0.1, 0.15) is 0 Å². The Kier molecular flexibility index (Phi) is 3.90. The van der Waals surface area contributed by atoms with Gasteiger partial charge >= 0.3 is 0 Å². The van der Waals surface area contributed by atoms with Crippen LogP contribution in [0.5, 0.6) is 0 Å². The minimum absolute atomic E-state index is 0.0822. The number of hydrogen-bond donors (Lipinski definition) is 1. The van der Waals surface area contributed by atoms with Crippen molar-refractivity contribution in [1.29, 1.82) is 0 Å². The molecule has 2 aliphatic rings. The number of aliphatic hydroxyl groups excluding tert-OH is 1. The van der Waals surface area contributed by atoms with Gasteiger partial charge in [-0.05, 0) is 54.7 Å². The molecule has 2 unspecified atom stereocenters. The Hall–Kier alpha value is -0.860. The zero-order valence-corrected chi connectivity index (χ0v) is 11.9. The van der Waals surface area contributed by atoms with E-state index in [9.17, 15) is 5.11 Å². The number of aliphatic hydroxyl groups is 1. The van der Waals surface area contributed by atoms with Gasteiger partial charge in [-0.1, -0.05) is 25.1 Å². The highest BCUT2D eigenvalue weighted by Crippen LogP contribution is 2.25. The summed E-state index contributed by atoms with van der Waals surface area (Å²) in [5.74, 6) is 0.461. The van der Waals surface area contributed by atoms with Gasteiger partial charge < -0.3 is 5.11 Å². The number of likely N-dealkylation sites (tertiary alicyclic amines) is 1. The summed E-state index contributed by atoms with van der Waals surface area (Å²) in [4.78, 5) is 2.51.